The molecule has 0 unspecified atom stereocenters. The molecule has 7 heteroatoms. The molecule has 0 amide bonds. The van der Waals surface area contributed by atoms with E-state index < -0.39 is 22.0 Å². The Morgan fingerprint density at radius 1 is 1.11 bits per heavy atom. The van der Waals surface area contributed by atoms with E-state index in [1.54, 1.807) is 36.4 Å². The Morgan fingerprint density at radius 3 is 2.30 bits per heavy atom. The lowest BCUT2D eigenvalue weighted by molar-refractivity contribution is -0.137. The maximum absolute atomic E-state index is 12.6. The van der Waals surface area contributed by atoms with E-state index in [0.29, 0.717) is 17.9 Å². The van der Waals surface area contributed by atoms with Gasteiger partial charge in [-0.15, -0.1) is 0 Å². The predicted molar refractivity (Wildman–Crippen MR) is 103 cm³/mol. The summed E-state index contributed by atoms with van der Waals surface area (Å²) in [5.74, 6) is -0.419. The molecule has 2 rings (SSSR count). The molecule has 0 heterocycles. The number of hydrogen-bond donors (Lipinski definition) is 2. The second kappa shape index (κ2) is 9.53. The molecule has 146 valence electrons. The molecule has 2 aromatic rings. The molecule has 0 saturated carbocycles. The molecule has 2 aromatic carbocycles. The summed E-state index contributed by atoms with van der Waals surface area (Å²) < 4.78 is 33.3. The highest BCUT2D eigenvalue weighted by atomic mass is 32.2. The third-order valence-corrected chi connectivity index (χ3v) is 5.54. The smallest absolute Gasteiger partial charge is 0.305 e. The second-order valence-corrected chi connectivity index (χ2v) is 8.07. The minimum absolute atomic E-state index is 0.100. The van der Waals surface area contributed by atoms with Gasteiger partial charge in [0.2, 0.25) is 10.0 Å². The zero-order valence-corrected chi connectivity index (χ0v) is 16.3. The average Bonchev–Trinajstić information content (AvgIpc) is 2.62. The molecule has 1 atom stereocenters. The van der Waals surface area contributed by atoms with Gasteiger partial charge in [-0.2, -0.15) is 0 Å². The first-order chi connectivity index (χ1) is 12.8. The normalized spacial score (nSPS) is 12.5. The molecular weight excluding hydrogens is 366 g/mol. The Morgan fingerprint density at radius 2 is 1.74 bits per heavy atom. The second-order valence-electron chi connectivity index (χ2n) is 6.36. The van der Waals surface area contributed by atoms with E-state index in [9.17, 15) is 18.3 Å². The minimum Gasteiger partial charge on any atom is -0.494 e. The molecule has 0 spiro atoms. The van der Waals surface area contributed by atoms with Crippen LogP contribution in [0.4, 0.5) is 0 Å². The first-order valence-corrected chi connectivity index (χ1v) is 10.3. The Kier molecular flexibility index (Phi) is 7.38. The summed E-state index contributed by atoms with van der Waals surface area (Å²) in [4.78, 5) is 11.3. The standard InChI is InChI=1S/C20H25NO5S/c1-3-4-13-26-17-9-7-16(8-10-17)19(14-20(22)23)21-27(24,25)18-11-5-15(2)6-12-18/h5-12,19,21H,3-4,13-14H2,1-2H3,(H,22,23)/t19-/m1/s1. The van der Waals surface area contributed by atoms with Gasteiger partial charge in [0.25, 0.3) is 0 Å². The van der Waals surface area contributed by atoms with Gasteiger partial charge >= 0.3 is 5.97 Å². The largest absolute Gasteiger partial charge is 0.494 e. The van der Waals surface area contributed by atoms with Crippen LogP contribution in [0.2, 0.25) is 0 Å². The number of rotatable bonds is 10. The minimum atomic E-state index is -3.84. The Hall–Kier alpha value is -2.38. The van der Waals surface area contributed by atoms with Gasteiger partial charge in [-0.05, 0) is 43.2 Å². The van der Waals surface area contributed by atoms with Crippen molar-refractivity contribution in [1.82, 2.24) is 4.72 Å². The molecule has 0 fully saturated rings. The van der Waals surface area contributed by atoms with Gasteiger partial charge in [0.05, 0.1) is 24.0 Å². The Labute approximate surface area is 160 Å². The molecule has 27 heavy (non-hydrogen) atoms. The number of carboxylic acids is 1. The topological polar surface area (TPSA) is 92.7 Å². The molecule has 0 bridgehead atoms. The van der Waals surface area contributed by atoms with Crippen LogP contribution < -0.4 is 9.46 Å². The first kappa shape index (κ1) is 20.9. The number of sulfonamides is 1. The van der Waals surface area contributed by atoms with E-state index in [-0.39, 0.29) is 11.3 Å². The van der Waals surface area contributed by atoms with E-state index in [4.69, 9.17) is 4.74 Å². The third-order valence-electron chi connectivity index (χ3n) is 4.06. The van der Waals surface area contributed by atoms with Crippen LogP contribution in [0.1, 0.15) is 43.4 Å². The van der Waals surface area contributed by atoms with Crippen LogP contribution in [0.5, 0.6) is 5.75 Å². The number of ether oxygens (including phenoxy) is 1. The fraction of sp³-hybridized carbons (Fsp3) is 0.350. The fourth-order valence-corrected chi connectivity index (χ4v) is 3.73. The maximum atomic E-state index is 12.6. The third kappa shape index (κ3) is 6.37. The monoisotopic (exact) mass is 391 g/mol. The van der Waals surface area contributed by atoms with E-state index in [1.807, 2.05) is 6.92 Å². The van der Waals surface area contributed by atoms with E-state index in [1.165, 1.54) is 12.1 Å². The number of aryl methyl sites for hydroxylation is 1. The molecule has 0 radical (unpaired) electrons. The van der Waals surface area contributed by atoms with Gasteiger partial charge in [-0.25, -0.2) is 13.1 Å². The molecule has 6 nitrogen and oxygen atoms in total. The SMILES string of the molecule is CCCCOc1ccc([C@@H](CC(=O)O)NS(=O)(=O)c2ccc(C)cc2)cc1. The predicted octanol–water partition coefficient (Wildman–Crippen LogP) is 3.67. The van der Waals surface area contributed by atoms with E-state index >= 15 is 0 Å². The maximum Gasteiger partial charge on any atom is 0.305 e. The van der Waals surface area contributed by atoms with Gasteiger partial charge in [0.1, 0.15) is 5.75 Å². The summed E-state index contributed by atoms with van der Waals surface area (Å²) in [6.07, 6.45) is 1.61. The van der Waals surface area contributed by atoms with Crippen molar-refractivity contribution in [3.05, 3.63) is 59.7 Å². The quantitative estimate of drug-likeness (QED) is 0.603. The van der Waals surface area contributed by atoms with E-state index in [0.717, 1.165) is 18.4 Å². The van der Waals surface area contributed by atoms with Crippen LogP contribution in [-0.2, 0) is 14.8 Å². The molecule has 0 aliphatic carbocycles. The summed E-state index contributed by atoms with van der Waals surface area (Å²) >= 11 is 0. The number of benzene rings is 2. The molecule has 0 aliphatic heterocycles. The van der Waals surface area contributed by atoms with Crippen molar-refractivity contribution in [2.45, 2.75) is 44.0 Å². The van der Waals surface area contributed by atoms with Crippen LogP contribution in [0.25, 0.3) is 0 Å². The summed E-state index contributed by atoms with van der Waals surface area (Å²) in [6, 6.07) is 12.3. The fourth-order valence-electron chi connectivity index (χ4n) is 2.51. The summed E-state index contributed by atoms with van der Waals surface area (Å²) in [6.45, 7) is 4.54. The van der Waals surface area contributed by atoms with Gasteiger partial charge in [-0.1, -0.05) is 43.2 Å². The molecule has 0 aromatic heterocycles. The summed E-state index contributed by atoms with van der Waals surface area (Å²) in [5.41, 5.74) is 1.51. The van der Waals surface area contributed by atoms with Gasteiger partial charge in [-0.3, -0.25) is 4.79 Å². The van der Waals surface area contributed by atoms with Crippen molar-refractivity contribution < 1.29 is 23.1 Å². The van der Waals surface area contributed by atoms with Crippen LogP contribution in [0.3, 0.4) is 0 Å². The Bertz CT molecular complexity index is 845. The zero-order valence-electron chi connectivity index (χ0n) is 15.5. The summed E-state index contributed by atoms with van der Waals surface area (Å²) in [7, 11) is -3.84. The van der Waals surface area contributed by atoms with Crippen molar-refractivity contribution in [2.24, 2.45) is 0 Å². The number of unbranched alkanes of at least 4 members (excludes halogenated alkanes) is 1. The molecule has 0 aliphatic rings. The first-order valence-electron chi connectivity index (χ1n) is 8.85. The lowest BCUT2D eigenvalue weighted by atomic mass is 10.0. The molecule has 2 N–H and O–H groups in total. The number of hydrogen-bond acceptors (Lipinski definition) is 4. The Balaban J connectivity index is 2.19. The van der Waals surface area contributed by atoms with Crippen molar-refractivity contribution in [3.8, 4) is 5.75 Å². The number of carbonyl (C=O) groups is 1. The van der Waals surface area contributed by atoms with Gasteiger partial charge < -0.3 is 9.84 Å². The highest BCUT2D eigenvalue weighted by molar-refractivity contribution is 7.89. The van der Waals surface area contributed by atoms with Crippen molar-refractivity contribution >= 4 is 16.0 Å². The van der Waals surface area contributed by atoms with Gasteiger partial charge in [0.15, 0.2) is 0 Å². The van der Waals surface area contributed by atoms with Crippen molar-refractivity contribution in [3.63, 3.8) is 0 Å². The number of carboxylic acid groups (broad SMARTS) is 1. The van der Waals surface area contributed by atoms with Gasteiger partial charge in [0, 0.05) is 0 Å². The number of aliphatic carboxylic acids is 1. The van der Waals surface area contributed by atoms with Crippen LogP contribution >= 0.6 is 0 Å². The lowest BCUT2D eigenvalue weighted by Gasteiger charge is -2.18. The molecule has 0 saturated heterocycles. The van der Waals surface area contributed by atoms with Crippen molar-refractivity contribution in [2.75, 3.05) is 6.61 Å². The highest BCUT2D eigenvalue weighted by Crippen LogP contribution is 2.23. The summed E-state index contributed by atoms with van der Waals surface area (Å²) in [5, 5.41) is 9.19. The lowest BCUT2D eigenvalue weighted by Crippen LogP contribution is -2.30. The van der Waals surface area contributed by atoms with Crippen LogP contribution in [0, 0.1) is 6.92 Å². The highest BCUT2D eigenvalue weighted by Gasteiger charge is 2.23. The molecular formula is C20H25NO5S. The van der Waals surface area contributed by atoms with E-state index in [2.05, 4.69) is 11.6 Å². The number of nitrogens with one attached hydrogen (secondary N) is 1. The van der Waals surface area contributed by atoms with Crippen molar-refractivity contribution in [1.29, 1.82) is 0 Å². The van der Waals surface area contributed by atoms with Crippen LogP contribution in [0.15, 0.2) is 53.4 Å². The zero-order chi connectivity index (χ0) is 19.9. The van der Waals surface area contributed by atoms with Crippen LogP contribution in [-0.4, -0.2) is 26.1 Å². The average molecular weight is 391 g/mol.